The molecule has 0 unspecified atom stereocenters. The zero-order valence-electron chi connectivity index (χ0n) is 17.0. The Balaban J connectivity index is 1.53. The highest BCUT2D eigenvalue weighted by atomic mass is 19.2. The molecule has 0 atom stereocenters. The molecule has 1 aromatic carbocycles. The van der Waals surface area contributed by atoms with Crippen molar-refractivity contribution in [2.75, 3.05) is 24.3 Å². The number of anilines is 2. The van der Waals surface area contributed by atoms with Crippen molar-refractivity contribution in [3.63, 3.8) is 0 Å². The summed E-state index contributed by atoms with van der Waals surface area (Å²) in [5, 5.41) is 6.31. The summed E-state index contributed by atoms with van der Waals surface area (Å²) >= 11 is 0. The predicted molar refractivity (Wildman–Crippen MR) is 109 cm³/mol. The van der Waals surface area contributed by atoms with E-state index in [0.717, 1.165) is 55.6 Å². The summed E-state index contributed by atoms with van der Waals surface area (Å²) in [6, 6.07) is 3.43. The predicted octanol–water partition coefficient (Wildman–Crippen LogP) is 3.54. The number of amides is 1. The molecular formula is C21H27F2N5O. The third kappa shape index (κ3) is 5.19. The van der Waals surface area contributed by atoms with Gasteiger partial charge in [0.2, 0.25) is 5.95 Å². The molecule has 1 saturated carbocycles. The van der Waals surface area contributed by atoms with Gasteiger partial charge in [0.15, 0.2) is 11.6 Å². The van der Waals surface area contributed by atoms with Crippen molar-refractivity contribution in [1.82, 2.24) is 15.3 Å². The molecule has 0 spiro atoms. The SMILES string of the molecule is CCc1cnc(NC2CCC(NC(=O)c3ccc(F)c(F)c3)CC2)nc1N(C)C. The fraction of sp³-hybridized carbons (Fsp3) is 0.476. The second-order valence-corrected chi connectivity index (χ2v) is 7.59. The van der Waals surface area contributed by atoms with Gasteiger partial charge in [0.1, 0.15) is 5.82 Å². The monoisotopic (exact) mass is 403 g/mol. The van der Waals surface area contributed by atoms with Gasteiger partial charge in [-0.25, -0.2) is 13.8 Å². The Kier molecular flexibility index (Phi) is 6.61. The van der Waals surface area contributed by atoms with Crippen molar-refractivity contribution in [1.29, 1.82) is 0 Å². The molecule has 1 aliphatic carbocycles. The molecule has 1 aromatic heterocycles. The Morgan fingerprint density at radius 3 is 2.45 bits per heavy atom. The summed E-state index contributed by atoms with van der Waals surface area (Å²) in [4.78, 5) is 23.3. The van der Waals surface area contributed by atoms with Crippen LogP contribution in [0, 0.1) is 11.6 Å². The van der Waals surface area contributed by atoms with Crippen LogP contribution in [0.2, 0.25) is 0 Å². The van der Waals surface area contributed by atoms with Crippen molar-refractivity contribution < 1.29 is 13.6 Å². The molecular weight excluding hydrogens is 376 g/mol. The number of hydrogen-bond acceptors (Lipinski definition) is 5. The van der Waals surface area contributed by atoms with Gasteiger partial charge in [0.25, 0.3) is 5.91 Å². The van der Waals surface area contributed by atoms with Gasteiger partial charge < -0.3 is 15.5 Å². The Hall–Kier alpha value is -2.77. The van der Waals surface area contributed by atoms with E-state index in [-0.39, 0.29) is 23.6 Å². The van der Waals surface area contributed by atoms with Crippen molar-refractivity contribution in [2.24, 2.45) is 0 Å². The average molecular weight is 403 g/mol. The highest BCUT2D eigenvalue weighted by Crippen LogP contribution is 2.23. The average Bonchev–Trinajstić information content (AvgIpc) is 2.71. The highest BCUT2D eigenvalue weighted by molar-refractivity contribution is 5.94. The van der Waals surface area contributed by atoms with Crippen molar-refractivity contribution in [2.45, 2.75) is 51.1 Å². The van der Waals surface area contributed by atoms with Crippen molar-refractivity contribution in [3.05, 3.63) is 47.2 Å². The van der Waals surface area contributed by atoms with Gasteiger partial charge in [-0.15, -0.1) is 0 Å². The van der Waals surface area contributed by atoms with Crippen LogP contribution in [0.25, 0.3) is 0 Å². The maximum Gasteiger partial charge on any atom is 0.251 e. The van der Waals surface area contributed by atoms with Crippen LogP contribution in [0.15, 0.2) is 24.4 Å². The molecule has 1 fully saturated rings. The Morgan fingerprint density at radius 1 is 1.14 bits per heavy atom. The number of halogens is 2. The van der Waals surface area contributed by atoms with Gasteiger partial charge in [-0.3, -0.25) is 4.79 Å². The molecule has 1 aliphatic rings. The van der Waals surface area contributed by atoms with Crippen LogP contribution in [-0.4, -0.2) is 42.1 Å². The number of rotatable bonds is 6. The maximum absolute atomic E-state index is 13.3. The lowest BCUT2D eigenvalue weighted by atomic mass is 9.91. The van der Waals surface area contributed by atoms with Gasteiger partial charge in [0, 0.05) is 43.5 Å². The minimum Gasteiger partial charge on any atom is -0.362 e. The normalized spacial score (nSPS) is 18.9. The topological polar surface area (TPSA) is 70.1 Å². The second-order valence-electron chi connectivity index (χ2n) is 7.59. The van der Waals surface area contributed by atoms with Crippen LogP contribution < -0.4 is 15.5 Å². The third-order valence-corrected chi connectivity index (χ3v) is 5.22. The number of aromatic nitrogens is 2. The molecule has 1 amide bonds. The zero-order valence-corrected chi connectivity index (χ0v) is 17.0. The van der Waals surface area contributed by atoms with Crippen LogP contribution >= 0.6 is 0 Å². The Bertz CT molecular complexity index is 866. The van der Waals surface area contributed by atoms with E-state index in [9.17, 15) is 13.6 Å². The van der Waals surface area contributed by atoms with Crippen LogP contribution in [-0.2, 0) is 6.42 Å². The van der Waals surface area contributed by atoms with Gasteiger partial charge in [-0.2, -0.15) is 4.98 Å². The fourth-order valence-electron chi connectivity index (χ4n) is 3.57. The number of carbonyl (C=O) groups is 1. The van der Waals surface area contributed by atoms with Gasteiger partial charge in [0.05, 0.1) is 0 Å². The molecule has 156 valence electrons. The van der Waals surface area contributed by atoms with E-state index in [1.807, 2.05) is 25.2 Å². The van der Waals surface area contributed by atoms with Crippen molar-refractivity contribution >= 4 is 17.7 Å². The number of hydrogen-bond donors (Lipinski definition) is 2. The summed E-state index contributed by atoms with van der Waals surface area (Å²) in [5.41, 5.74) is 1.23. The van der Waals surface area contributed by atoms with Gasteiger partial charge >= 0.3 is 0 Å². The van der Waals surface area contributed by atoms with Crippen LogP contribution in [0.1, 0.15) is 48.5 Å². The molecule has 0 aliphatic heterocycles. The third-order valence-electron chi connectivity index (χ3n) is 5.22. The van der Waals surface area contributed by atoms with Crippen LogP contribution in [0.4, 0.5) is 20.5 Å². The molecule has 8 heteroatoms. The first-order valence-corrected chi connectivity index (χ1v) is 9.93. The molecule has 29 heavy (non-hydrogen) atoms. The number of benzene rings is 1. The second kappa shape index (κ2) is 9.15. The summed E-state index contributed by atoms with van der Waals surface area (Å²) < 4.78 is 26.4. The van der Waals surface area contributed by atoms with Crippen LogP contribution in [0.3, 0.4) is 0 Å². The molecule has 2 N–H and O–H groups in total. The highest BCUT2D eigenvalue weighted by Gasteiger charge is 2.24. The van der Waals surface area contributed by atoms with Crippen molar-refractivity contribution in [3.8, 4) is 0 Å². The molecule has 0 bridgehead atoms. The minimum absolute atomic E-state index is 0.00869. The first-order chi connectivity index (χ1) is 13.9. The standard InChI is InChI=1S/C21H27F2N5O/c1-4-13-12-24-21(27-19(13)28(2)3)26-16-8-6-15(7-9-16)25-20(29)14-5-10-17(22)18(23)11-14/h5,10-12,15-16H,4,6-9H2,1-3H3,(H,25,29)(H,24,26,27). The summed E-state index contributed by atoms with van der Waals surface area (Å²) in [7, 11) is 3.93. The maximum atomic E-state index is 13.3. The Labute approximate surface area is 169 Å². The lowest BCUT2D eigenvalue weighted by Gasteiger charge is -2.30. The van der Waals surface area contributed by atoms with Gasteiger partial charge in [-0.1, -0.05) is 6.92 Å². The zero-order chi connectivity index (χ0) is 21.0. The number of carbonyl (C=O) groups excluding carboxylic acids is 1. The minimum atomic E-state index is -1.02. The molecule has 3 rings (SSSR count). The van der Waals surface area contributed by atoms with E-state index in [2.05, 4.69) is 27.5 Å². The van der Waals surface area contributed by atoms with E-state index in [1.165, 1.54) is 6.07 Å². The number of nitrogens with one attached hydrogen (secondary N) is 2. The molecule has 0 radical (unpaired) electrons. The summed E-state index contributed by atoms with van der Waals surface area (Å²) in [6.45, 7) is 2.08. The number of aryl methyl sites for hydroxylation is 1. The van der Waals surface area contributed by atoms with Crippen LogP contribution in [0.5, 0.6) is 0 Å². The van der Waals surface area contributed by atoms with E-state index in [1.54, 1.807) is 0 Å². The summed E-state index contributed by atoms with van der Waals surface area (Å²) in [5.74, 6) is -0.830. The molecule has 0 saturated heterocycles. The van der Waals surface area contributed by atoms with E-state index >= 15 is 0 Å². The molecule has 1 heterocycles. The largest absolute Gasteiger partial charge is 0.362 e. The fourth-order valence-corrected chi connectivity index (χ4v) is 3.57. The first kappa shape index (κ1) is 21.0. The quantitative estimate of drug-likeness (QED) is 0.772. The lowest BCUT2D eigenvalue weighted by Crippen LogP contribution is -2.40. The van der Waals surface area contributed by atoms with Gasteiger partial charge in [-0.05, 0) is 50.3 Å². The van der Waals surface area contributed by atoms with E-state index in [0.29, 0.717) is 5.95 Å². The van der Waals surface area contributed by atoms with E-state index < -0.39 is 11.6 Å². The summed E-state index contributed by atoms with van der Waals surface area (Å²) in [6.07, 6.45) is 6.04. The molecule has 2 aromatic rings. The molecule has 6 nitrogen and oxygen atoms in total. The lowest BCUT2D eigenvalue weighted by molar-refractivity contribution is 0.0926. The van der Waals surface area contributed by atoms with E-state index in [4.69, 9.17) is 0 Å². The Morgan fingerprint density at radius 2 is 1.83 bits per heavy atom. The number of nitrogens with zero attached hydrogens (tertiary/aromatic N) is 3. The first-order valence-electron chi connectivity index (χ1n) is 9.93. The smallest absolute Gasteiger partial charge is 0.251 e.